The molecule has 0 amide bonds. The van der Waals surface area contributed by atoms with Crippen LogP contribution in [0.15, 0.2) is 18.2 Å². The number of benzene rings is 1. The second-order valence-corrected chi connectivity index (χ2v) is 5.89. The van der Waals surface area contributed by atoms with Crippen LogP contribution in [0.5, 0.6) is 5.75 Å². The molecular weight excluding hydrogens is 234 g/mol. The van der Waals surface area contributed by atoms with E-state index in [0.717, 1.165) is 12.3 Å². The Hall–Kier alpha value is -1.02. The van der Waals surface area contributed by atoms with Crippen molar-refractivity contribution in [1.82, 2.24) is 5.32 Å². The summed E-state index contributed by atoms with van der Waals surface area (Å²) in [7, 11) is 0. The van der Waals surface area contributed by atoms with Crippen molar-refractivity contribution >= 4 is 0 Å². The second-order valence-electron chi connectivity index (χ2n) is 5.89. The average molecular weight is 259 g/mol. The Morgan fingerprint density at radius 2 is 2.00 bits per heavy atom. The van der Waals surface area contributed by atoms with Gasteiger partial charge in [0.25, 0.3) is 0 Å². The lowest BCUT2D eigenvalue weighted by Gasteiger charge is -2.23. The highest BCUT2D eigenvalue weighted by molar-refractivity contribution is 5.40. The summed E-state index contributed by atoms with van der Waals surface area (Å²) in [5, 5.41) is 3.56. The standard InChI is InChI=1S/C17H25NO/c1-2-18-17-11-8-13-12-15(9-10-16(13)17)19-14-6-4-3-5-7-14/h9-10,12,14,17-18H,2-8,11H2,1H3. The topological polar surface area (TPSA) is 21.3 Å². The molecule has 0 spiro atoms. The first-order valence-corrected chi connectivity index (χ1v) is 7.89. The molecule has 2 heteroatoms. The van der Waals surface area contributed by atoms with Crippen molar-refractivity contribution in [1.29, 1.82) is 0 Å². The minimum Gasteiger partial charge on any atom is -0.490 e. The molecule has 1 atom stereocenters. The van der Waals surface area contributed by atoms with Gasteiger partial charge in [-0.25, -0.2) is 0 Å². The van der Waals surface area contributed by atoms with E-state index in [-0.39, 0.29) is 0 Å². The molecular formula is C17H25NO. The first-order valence-electron chi connectivity index (χ1n) is 7.89. The number of ether oxygens (including phenoxy) is 1. The van der Waals surface area contributed by atoms with Crippen LogP contribution in [-0.4, -0.2) is 12.6 Å². The lowest BCUT2D eigenvalue weighted by molar-refractivity contribution is 0.155. The van der Waals surface area contributed by atoms with Gasteiger partial charge in [0.05, 0.1) is 6.10 Å². The normalized spacial score (nSPS) is 23.3. The summed E-state index contributed by atoms with van der Waals surface area (Å²) in [5.74, 6) is 1.09. The number of hydrogen-bond acceptors (Lipinski definition) is 2. The molecule has 3 rings (SSSR count). The summed E-state index contributed by atoms with van der Waals surface area (Å²) in [6, 6.07) is 7.28. The van der Waals surface area contributed by atoms with Crippen LogP contribution in [0.3, 0.4) is 0 Å². The van der Waals surface area contributed by atoms with Crippen LogP contribution < -0.4 is 10.1 Å². The summed E-state index contributed by atoms with van der Waals surface area (Å²) in [6.45, 7) is 3.23. The van der Waals surface area contributed by atoms with Gasteiger partial charge in [-0.2, -0.15) is 0 Å². The molecule has 0 radical (unpaired) electrons. The Morgan fingerprint density at radius 3 is 2.79 bits per heavy atom. The van der Waals surface area contributed by atoms with Gasteiger partial charge >= 0.3 is 0 Å². The zero-order chi connectivity index (χ0) is 13.1. The highest BCUT2D eigenvalue weighted by Crippen LogP contribution is 2.34. The van der Waals surface area contributed by atoms with Crippen molar-refractivity contribution in [2.24, 2.45) is 0 Å². The molecule has 1 saturated carbocycles. The van der Waals surface area contributed by atoms with E-state index in [4.69, 9.17) is 4.74 Å². The van der Waals surface area contributed by atoms with Crippen LogP contribution in [-0.2, 0) is 6.42 Å². The van der Waals surface area contributed by atoms with Gasteiger partial charge in [0, 0.05) is 6.04 Å². The summed E-state index contributed by atoms with van der Waals surface area (Å²) in [5.41, 5.74) is 2.97. The third-order valence-corrected chi connectivity index (χ3v) is 4.50. The van der Waals surface area contributed by atoms with Crippen LogP contribution in [0.1, 0.15) is 62.6 Å². The number of fused-ring (bicyclic) bond motifs is 1. The number of aryl methyl sites for hydroxylation is 1. The van der Waals surface area contributed by atoms with Gasteiger partial charge in [-0.1, -0.05) is 19.4 Å². The van der Waals surface area contributed by atoms with E-state index < -0.39 is 0 Å². The smallest absolute Gasteiger partial charge is 0.120 e. The van der Waals surface area contributed by atoms with E-state index in [1.54, 1.807) is 0 Å². The van der Waals surface area contributed by atoms with E-state index in [1.807, 2.05) is 0 Å². The molecule has 0 aromatic heterocycles. The molecule has 0 bridgehead atoms. The molecule has 19 heavy (non-hydrogen) atoms. The summed E-state index contributed by atoms with van der Waals surface area (Å²) < 4.78 is 6.16. The summed E-state index contributed by atoms with van der Waals surface area (Å²) >= 11 is 0. The highest BCUT2D eigenvalue weighted by atomic mass is 16.5. The van der Waals surface area contributed by atoms with Gasteiger partial charge in [0.2, 0.25) is 0 Å². The fraction of sp³-hybridized carbons (Fsp3) is 0.647. The number of nitrogens with one attached hydrogen (secondary N) is 1. The van der Waals surface area contributed by atoms with Gasteiger partial charge in [0.15, 0.2) is 0 Å². The first kappa shape index (κ1) is 13.0. The highest BCUT2D eigenvalue weighted by Gasteiger charge is 2.22. The Labute approximate surface area is 116 Å². The Balaban J connectivity index is 1.68. The molecule has 0 saturated heterocycles. The molecule has 1 unspecified atom stereocenters. The first-order chi connectivity index (χ1) is 9.36. The van der Waals surface area contributed by atoms with Gasteiger partial charge in [-0.15, -0.1) is 0 Å². The molecule has 0 heterocycles. The molecule has 0 aliphatic heterocycles. The minimum absolute atomic E-state index is 0.456. The largest absolute Gasteiger partial charge is 0.490 e. The van der Waals surface area contributed by atoms with Crippen LogP contribution in [0.25, 0.3) is 0 Å². The molecule has 2 aliphatic carbocycles. The van der Waals surface area contributed by atoms with E-state index in [9.17, 15) is 0 Å². The predicted molar refractivity (Wildman–Crippen MR) is 78.7 cm³/mol. The van der Waals surface area contributed by atoms with E-state index in [1.165, 1.54) is 56.1 Å². The maximum Gasteiger partial charge on any atom is 0.120 e. The second kappa shape index (κ2) is 5.96. The quantitative estimate of drug-likeness (QED) is 0.882. The molecule has 1 aromatic rings. The van der Waals surface area contributed by atoms with Crippen LogP contribution >= 0.6 is 0 Å². The maximum absolute atomic E-state index is 6.16. The van der Waals surface area contributed by atoms with Gasteiger partial charge in [-0.3, -0.25) is 0 Å². The average Bonchev–Trinajstić information content (AvgIpc) is 2.83. The Bertz CT molecular complexity index is 423. The zero-order valence-corrected chi connectivity index (χ0v) is 12.0. The monoisotopic (exact) mass is 259 g/mol. The van der Waals surface area contributed by atoms with Crippen LogP contribution in [0, 0.1) is 0 Å². The third-order valence-electron chi connectivity index (χ3n) is 4.50. The van der Waals surface area contributed by atoms with E-state index in [2.05, 4.69) is 30.4 Å². The van der Waals surface area contributed by atoms with Crippen molar-refractivity contribution in [3.8, 4) is 5.75 Å². The molecule has 104 valence electrons. The third kappa shape index (κ3) is 2.94. The fourth-order valence-corrected chi connectivity index (χ4v) is 3.50. The van der Waals surface area contributed by atoms with Crippen molar-refractivity contribution < 1.29 is 4.74 Å². The fourth-order valence-electron chi connectivity index (χ4n) is 3.50. The van der Waals surface area contributed by atoms with Crippen molar-refractivity contribution in [2.45, 2.75) is 64.0 Å². The van der Waals surface area contributed by atoms with Gasteiger partial charge < -0.3 is 10.1 Å². The van der Waals surface area contributed by atoms with E-state index in [0.29, 0.717) is 12.1 Å². The van der Waals surface area contributed by atoms with Crippen molar-refractivity contribution in [2.75, 3.05) is 6.54 Å². The van der Waals surface area contributed by atoms with E-state index >= 15 is 0 Å². The predicted octanol–water partition coefficient (Wildman–Crippen LogP) is 3.99. The summed E-state index contributed by atoms with van der Waals surface area (Å²) in [4.78, 5) is 0. The summed E-state index contributed by atoms with van der Waals surface area (Å²) in [6.07, 6.45) is 9.39. The zero-order valence-electron chi connectivity index (χ0n) is 12.0. The number of hydrogen-bond donors (Lipinski definition) is 1. The molecule has 2 aliphatic rings. The molecule has 1 N–H and O–H groups in total. The van der Waals surface area contributed by atoms with Crippen LogP contribution in [0.2, 0.25) is 0 Å². The van der Waals surface area contributed by atoms with Crippen molar-refractivity contribution in [3.05, 3.63) is 29.3 Å². The minimum atomic E-state index is 0.456. The molecule has 2 nitrogen and oxygen atoms in total. The van der Waals surface area contributed by atoms with Crippen molar-refractivity contribution in [3.63, 3.8) is 0 Å². The lowest BCUT2D eigenvalue weighted by Crippen LogP contribution is -2.20. The Kier molecular flexibility index (Phi) is 4.07. The molecule has 1 fully saturated rings. The van der Waals surface area contributed by atoms with Crippen LogP contribution in [0.4, 0.5) is 0 Å². The van der Waals surface area contributed by atoms with Gasteiger partial charge in [0.1, 0.15) is 5.75 Å². The SMILES string of the molecule is CCNC1CCc2cc(OC3CCCCC3)ccc21. The Morgan fingerprint density at radius 1 is 1.16 bits per heavy atom. The van der Waals surface area contributed by atoms with Gasteiger partial charge in [-0.05, 0) is 68.3 Å². The molecule has 1 aromatic carbocycles. The maximum atomic E-state index is 6.16. The number of rotatable bonds is 4. The lowest BCUT2D eigenvalue weighted by atomic mass is 9.98.